The summed E-state index contributed by atoms with van der Waals surface area (Å²) in [7, 11) is 1.15. The number of hydrogen-bond donors (Lipinski definition) is 1. The Bertz CT molecular complexity index is 978. The van der Waals surface area contributed by atoms with Crippen molar-refractivity contribution in [3.8, 4) is 17.5 Å². The largest absolute Gasteiger partial charge is 0.495 e. The summed E-state index contributed by atoms with van der Waals surface area (Å²) in [5, 5.41) is 8.88. The van der Waals surface area contributed by atoms with Crippen LogP contribution in [0.15, 0.2) is 21.7 Å². The molecule has 0 unspecified atom stereocenters. The summed E-state index contributed by atoms with van der Waals surface area (Å²) in [6.45, 7) is 0.809. The summed E-state index contributed by atoms with van der Waals surface area (Å²) in [4.78, 5) is 24.4. The lowest BCUT2D eigenvalue weighted by molar-refractivity contribution is -0.144. The molecule has 2 N–H and O–H groups in total. The number of halogens is 4. The van der Waals surface area contributed by atoms with Crippen LogP contribution in [0.3, 0.4) is 0 Å². The van der Waals surface area contributed by atoms with Crippen molar-refractivity contribution in [3.63, 3.8) is 0 Å². The molecule has 7 nitrogen and oxygen atoms in total. The molecular formula is C14H10F4N4O3. The number of aromatic nitrogens is 2. The number of alkyl halides is 3. The summed E-state index contributed by atoms with van der Waals surface area (Å²) in [6, 6.07) is 3.18. The maximum atomic E-state index is 14.2. The molecule has 0 aliphatic rings. The number of nitriles is 1. The van der Waals surface area contributed by atoms with Gasteiger partial charge in [-0.25, -0.2) is 18.4 Å². The van der Waals surface area contributed by atoms with Gasteiger partial charge in [0.25, 0.3) is 5.56 Å². The molecule has 0 amide bonds. The highest BCUT2D eigenvalue weighted by Crippen LogP contribution is 2.29. The summed E-state index contributed by atoms with van der Waals surface area (Å²) >= 11 is 0. The number of nitrogens with zero attached hydrogens (tertiary/aromatic N) is 3. The van der Waals surface area contributed by atoms with E-state index in [0.717, 1.165) is 20.1 Å². The van der Waals surface area contributed by atoms with E-state index in [1.165, 1.54) is 0 Å². The Labute approximate surface area is 137 Å². The SMILES string of the molecule is COc1cc(-n2c(=O)c(C)c(C(F)(F)F)n(N)c2=O)c(F)cc1C#N. The highest BCUT2D eigenvalue weighted by molar-refractivity contribution is 5.51. The first-order valence-corrected chi connectivity index (χ1v) is 6.53. The Morgan fingerprint density at radius 1 is 1.28 bits per heavy atom. The lowest BCUT2D eigenvalue weighted by Crippen LogP contribution is -2.47. The van der Waals surface area contributed by atoms with E-state index in [1.807, 2.05) is 0 Å². The second-order valence-corrected chi connectivity index (χ2v) is 4.88. The predicted octanol–water partition coefficient (Wildman–Crippen LogP) is 1.06. The molecule has 2 aromatic rings. The summed E-state index contributed by atoms with van der Waals surface area (Å²) < 4.78 is 57.9. The van der Waals surface area contributed by atoms with Crippen LogP contribution in [0.1, 0.15) is 16.8 Å². The molecule has 25 heavy (non-hydrogen) atoms. The maximum absolute atomic E-state index is 14.2. The van der Waals surface area contributed by atoms with Gasteiger partial charge in [-0.1, -0.05) is 0 Å². The van der Waals surface area contributed by atoms with Gasteiger partial charge in [0, 0.05) is 11.6 Å². The van der Waals surface area contributed by atoms with Gasteiger partial charge >= 0.3 is 11.9 Å². The van der Waals surface area contributed by atoms with Gasteiger partial charge in [0.15, 0.2) is 5.69 Å². The molecule has 0 saturated heterocycles. The van der Waals surface area contributed by atoms with E-state index in [9.17, 15) is 27.2 Å². The summed E-state index contributed by atoms with van der Waals surface area (Å²) in [6.07, 6.45) is -5.06. The number of rotatable bonds is 2. The molecule has 1 aromatic heterocycles. The van der Waals surface area contributed by atoms with E-state index in [-0.39, 0.29) is 20.6 Å². The molecule has 0 fully saturated rings. The van der Waals surface area contributed by atoms with Crippen LogP contribution in [0.4, 0.5) is 17.6 Å². The van der Waals surface area contributed by atoms with Crippen LogP contribution in [0.2, 0.25) is 0 Å². The Morgan fingerprint density at radius 3 is 2.36 bits per heavy atom. The fourth-order valence-electron chi connectivity index (χ4n) is 2.27. The third-order valence-corrected chi connectivity index (χ3v) is 3.42. The van der Waals surface area contributed by atoms with E-state index in [0.29, 0.717) is 6.07 Å². The maximum Gasteiger partial charge on any atom is 0.433 e. The number of methoxy groups -OCH3 is 1. The average Bonchev–Trinajstić information content (AvgIpc) is 2.53. The number of hydrogen-bond acceptors (Lipinski definition) is 5. The van der Waals surface area contributed by atoms with Crippen molar-refractivity contribution in [2.75, 3.05) is 13.0 Å². The molecule has 132 valence electrons. The minimum absolute atomic E-state index is 0.142. The van der Waals surface area contributed by atoms with Gasteiger partial charge in [0.05, 0.1) is 18.4 Å². The fraction of sp³-hybridized carbons (Fsp3) is 0.214. The average molecular weight is 358 g/mol. The zero-order valence-electron chi connectivity index (χ0n) is 12.8. The minimum Gasteiger partial charge on any atom is -0.495 e. The topological polar surface area (TPSA) is 103 Å². The highest BCUT2D eigenvalue weighted by atomic mass is 19.4. The van der Waals surface area contributed by atoms with Crippen molar-refractivity contribution in [1.82, 2.24) is 9.24 Å². The van der Waals surface area contributed by atoms with Crippen molar-refractivity contribution >= 4 is 0 Å². The monoisotopic (exact) mass is 358 g/mol. The molecule has 0 radical (unpaired) electrons. The number of ether oxygens (including phenoxy) is 1. The molecule has 1 aromatic carbocycles. The van der Waals surface area contributed by atoms with Crippen LogP contribution in [0.5, 0.6) is 5.75 Å². The van der Waals surface area contributed by atoms with Crippen molar-refractivity contribution in [1.29, 1.82) is 5.26 Å². The van der Waals surface area contributed by atoms with E-state index in [4.69, 9.17) is 15.8 Å². The fourth-order valence-corrected chi connectivity index (χ4v) is 2.27. The molecule has 0 saturated carbocycles. The molecule has 0 atom stereocenters. The Morgan fingerprint density at radius 2 is 1.88 bits per heavy atom. The van der Waals surface area contributed by atoms with Crippen molar-refractivity contribution in [2.45, 2.75) is 13.1 Å². The number of nitrogen functional groups attached to an aromatic ring is 1. The van der Waals surface area contributed by atoms with Crippen LogP contribution >= 0.6 is 0 Å². The lowest BCUT2D eigenvalue weighted by atomic mass is 10.1. The number of benzene rings is 1. The quantitative estimate of drug-likeness (QED) is 0.639. The van der Waals surface area contributed by atoms with Crippen LogP contribution in [0, 0.1) is 24.1 Å². The third kappa shape index (κ3) is 2.82. The summed E-state index contributed by atoms with van der Waals surface area (Å²) in [5.41, 5.74) is -6.45. The first-order valence-electron chi connectivity index (χ1n) is 6.53. The highest BCUT2D eigenvalue weighted by Gasteiger charge is 2.38. The molecule has 0 spiro atoms. The first-order chi connectivity index (χ1) is 11.5. The van der Waals surface area contributed by atoms with Gasteiger partial charge in [0.1, 0.15) is 17.6 Å². The molecule has 1 heterocycles. The van der Waals surface area contributed by atoms with Gasteiger partial charge < -0.3 is 10.6 Å². The van der Waals surface area contributed by atoms with Crippen molar-refractivity contribution in [3.05, 3.63) is 55.6 Å². The molecular weight excluding hydrogens is 348 g/mol. The van der Waals surface area contributed by atoms with Crippen LogP contribution in [-0.2, 0) is 6.18 Å². The van der Waals surface area contributed by atoms with Gasteiger partial charge in [-0.2, -0.15) is 18.4 Å². The van der Waals surface area contributed by atoms with Gasteiger partial charge in [-0.15, -0.1) is 0 Å². The third-order valence-electron chi connectivity index (χ3n) is 3.42. The van der Waals surface area contributed by atoms with Gasteiger partial charge in [0.2, 0.25) is 0 Å². The molecule has 0 bridgehead atoms. The van der Waals surface area contributed by atoms with Crippen molar-refractivity contribution in [2.24, 2.45) is 0 Å². The van der Waals surface area contributed by atoms with Crippen LogP contribution < -0.4 is 21.8 Å². The summed E-state index contributed by atoms with van der Waals surface area (Å²) in [5.74, 6) is 3.81. The Hall–Kier alpha value is -3.29. The predicted molar refractivity (Wildman–Crippen MR) is 77.4 cm³/mol. The lowest BCUT2D eigenvalue weighted by Gasteiger charge is -2.17. The zero-order valence-corrected chi connectivity index (χ0v) is 12.8. The minimum atomic E-state index is -5.06. The van der Waals surface area contributed by atoms with Crippen molar-refractivity contribution < 1.29 is 22.3 Å². The Balaban J connectivity index is 2.95. The van der Waals surface area contributed by atoms with E-state index in [1.54, 1.807) is 6.07 Å². The first kappa shape index (κ1) is 18.1. The molecule has 0 aliphatic heterocycles. The standard InChI is InChI=1S/C14H10F4N4O3/c1-6-11(14(16,17)18)22(20)13(24)21(12(6)23)9-4-10(25-2)7(5-19)3-8(9)15/h3-4H,20H2,1-2H3. The van der Waals surface area contributed by atoms with Crippen LogP contribution in [-0.4, -0.2) is 16.4 Å². The zero-order chi connectivity index (χ0) is 19.1. The molecule has 11 heteroatoms. The van der Waals surface area contributed by atoms with E-state index in [2.05, 4.69) is 0 Å². The Kier molecular flexibility index (Phi) is 4.31. The number of nitrogens with two attached hydrogens (primary N) is 1. The van der Waals surface area contributed by atoms with Crippen LogP contribution in [0.25, 0.3) is 5.69 Å². The molecule has 2 rings (SSSR count). The van der Waals surface area contributed by atoms with Gasteiger partial charge in [-0.3, -0.25) is 4.79 Å². The van der Waals surface area contributed by atoms with E-state index < -0.39 is 40.2 Å². The second-order valence-electron chi connectivity index (χ2n) is 4.88. The molecule has 0 aliphatic carbocycles. The smallest absolute Gasteiger partial charge is 0.433 e. The second kappa shape index (κ2) is 5.97. The van der Waals surface area contributed by atoms with Gasteiger partial charge in [-0.05, 0) is 13.0 Å². The normalized spacial score (nSPS) is 11.2. The van der Waals surface area contributed by atoms with E-state index >= 15 is 0 Å².